The smallest absolute Gasteiger partial charge is 0.368 e. The highest BCUT2D eigenvalue weighted by atomic mass is 32.2. The first kappa shape index (κ1) is 25.3. The van der Waals surface area contributed by atoms with Crippen LogP contribution >= 0.6 is 0 Å². The highest BCUT2D eigenvalue weighted by molar-refractivity contribution is 7.90. The lowest BCUT2D eigenvalue weighted by Crippen LogP contribution is -2.23. The summed E-state index contributed by atoms with van der Waals surface area (Å²) in [7, 11) is -3.85. The number of aromatic amines is 1. The third-order valence-corrected chi connectivity index (χ3v) is 8.27. The molecule has 3 aromatic carbocycles. The highest BCUT2D eigenvalue weighted by Crippen LogP contribution is 2.33. The van der Waals surface area contributed by atoms with Gasteiger partial charge in [-0.25, -0.2) is 22.1 Å². The number of benzene rings is 3. The second-order valence-electron chi connectivity index (χ2n) is 8.94. The summed E-state index contributed by atoms with van der Waals surface area (Å²) in [6, 6.07) is 17.8. The Hall–Kier alpha value is -4.32. The van der Waals surface area contributed by atoms with Crippen LogP contribution in [0.4, 0.5) is 19.1 Å². The van der Waals surface area contributed by atoms with E-state index in [1.54, 1.807) is 48.5 Å². The van der Waals surface area contributed by atoms with E-state index >= 15 is 0 Å². The predicted molar refractivity (Wildman–Crippen MR) is 139 cm³/mol. The van der Waals surface area contributed by atoms with E-state index in [0.717, 1.165) is 20.8 Å². The molecule has 0 bridgehead atoms. The first-order valence-electron chi connectivity index (χ1n) is 11.5. The van der Waals surface area contributed by atoms with Crippen LogP contribution < -0.4 is 11.3 Å². The van der Waals surface area contributed by atoms with Gasteiger partial charge in [0.15, 0.2) is 0 Å². The molecule has 0 aliphatic heterocycles. The van der Waals surface area contributed by atoms with Crippen LogP contribution in [0.1, 0.15) is 19.4 Å². The van der Waals surface area contributed by atoms with Gasteiger partial charge in [-0.2, -0.15) is 13.2 Å². The van der Waals surface area contributed by atoms with Gasteiger partial charge in [0, 0.05) is 5.56 Å². The van der Waals surface area contributed by atoms with Gasteiger partial charge in [-0.3, -0.25) is 9.89 Å². The molecule has 196 valence electrons. The maximum absolute atomic E-state index is 13.6. The highest BCUT2D eigenvalue weighted by Gasteiger charge is 2.30. The van der Waals surface area contributed by atoms with Crippen molar-refractivity contribution in [2.75, 3.05) is 5.73 Å². The number of hydrogen-bond acceptors (Lipinski definition) is 5. The van der Waals surface area contributed by atoms with Gasteiger partial charge in [-0.15, -0.1) is 0 Å². The van der Waals surface area contributed by atoms with Crippen molar-refractivity contribution in [2.24, 2.45) is 0 Å². The van der Waals surface area contributed by atoms with Gasteiger partial charge < -0.3 is 5.73 Å². The van der Waals surface area contributed by atoms with Crippen LogP contribution in [0.25, 0.3) is 39.1 Å². The molecule has 0 spiro atoms. The number of H-pyrrole nitrogens is 1. The van der Waals surface area contributed by atoms with Gasteiger partial charge in [-0.1, -0.05) is 36.4 Å². The molecule has 38 heavy (non-hydrogen) atoms. The van der Waals surface area contributed by atoms with Crippen molar-refractivity contribution in [3.8, 4) is 28.1 Å². The summed E-state index contributed by atoms with van der Waals surface area (Å²) in [4.78, 5) is 17.8. The van der Waals surface area contributed by atoms with Crippen LogP contribution in [0.15, 0.2) is 77.6 Å². The molecule has 2 heterocycles. The van der Waals surface area contributed by atoms with Crippen molar-refractivity contribution in [3.05, 3.63) is 88.7 Å². The zero-order chi connectivity index (χ0) is 27.4. The van der Waals surface area contributed by atoms with Crippen molar-refractivity contribution in [3.63, 3.8) is 0 Å². The Labute approximate surface area is 215 Å². The summed E-state index contributed by atoms with van der Waals surface area (Å²) < 4.78 is 67.4. The van der Waals surface area contributed by atoms with Crippen molar-refractivity contribution >= 4 is 27.0 Å². The van der Waals surface area contributed by atoms with E-state index in [0.29, 0.717) is 22.3 Å². The average Bonchev–Trinajstić information content (AvgIpc) is 3.39. The number of rotatable bonds is 5. The molecule has 5 rings (SSSR count). The SMILES string of the molecule is CC(C)S(=O)(=O)n1c(N)nc2ccc(-c3[nH]n(-c4ccc(C(F)(F)F)cc4)c(=O)c3-c3ccccc3)cc21. The molecule has 0 atom stereocenters. The minimum Gasteiger partial charge on any atom is -0.368 e. The summed E-state index contributed by atoms with van der Waals surface area (Å²) in [5.74, 6) is -0.190. The lowest BCUT2D eigenvalue weighted by Gasteiger charge is -2.11. The van der Waals surface area contributed by atoms with Crippen molar-refractivity contribution in [1.29, 1.82) is 0 Å². The third kappa shape index (κ3) is 4.16. The number of imidazole rings is 1. The Balaban J connectivity index is 1.75. The summed E-state index contributed by atoms with van der Waals surface area (Å²) in [5.41, 5.74) is 7.04. The van der Waals surface area contributed by atoms with Gasteiger partial charge in [0.1, 0.15) is 0 Å². The van der Waals surface area contributed by atoms with Crippen LogP contribution in [0.3, 0.4) is 0 Å². The van der Waals surface area contributed by atoms with E-state index < -0.39 is 32.6 Å². The van der Waals surface area contributed by atoms with Crippen LogP contribution in [0.2, 0.25) is 0 Å². The fourth-order valence-electron chi connectivity index (χ4n) is 4.21. The number of hydrogen-bond donors (Lipinski definition) is 2. The van der Waals surface area contributed by atoms with Gasteiger partial charge in [0.2, 0.25) is 16.0 Å². The van der Waals surface area contributed by atoms with E-state index in [9.17, 15) is 26.4 Å². The number of nitrogens with zero attached hydrogens (tertiary/aromatic N) is 3. The van der Waals surface area contributed by atoms with E-state index in [1.165, 1.54) is 26.0 Å². The van der Waals surface area contributed by atoms with Crippen LogP contribution in [0.5, 0.6) is 0 Å². The Morgan fingerprint density at radius 2 is 1.61 bits per heavy atom. The molecular weight excluding hydrogens is 519 g/mol. The van der Waals surface area contributed by atoms with Gasteiger partial charge >= 0.3 is 6.18 Å². The molecule has 3 N–H and O–H groups in total. The summed E-state index contributed by atoms with van der Waals surface area (Å²) in [6.45, 7) is 3.05. The van der Waals surface area contributed by atoms with Gasteiger partial charge in [0.25, 0.3) is 5.56 Å². The molecular formula is C26H22F3N5O3S. The number of fused-ring (bicyclic) bond motifs is 1. The quantitative estimate of drug-likeness (QED) is 0.324. The molecule has 0 fully saturated rings. The standard InChI is InChI=1S/C26H22F3N5O3S/c1-15(2)38(36,37)34-21-14-17(8-13-20(21)31-25(34)30)23-22(16-6-4-3-5-7-16)24(35)33(32-23)19-11-9-18(10-12-19)26(27,28)29/h3-15,32H,1-2H3,(H2,30,31). The van der Waals surface area contributed by atoms with E-state index in [1.807, 2.05) is 0 Å². The van der Waals surface area contributed by atoms with Crippen LogP contribution in [0, 0.1) is 0 Å². The zero-order valence-corrected chi connectivity index (χ0v) is 21.0. The summed E-state index contributed by atoms with van der Waals surface area (Å²) in [5, 5.41) is 2.23. The summed E-state index contributed by atoms with van der Waals surface area (Å²) >= 11 is 0. The zero-order valence-electron chi connectivity index (χ0n) is 20.2. The molecule has 0 unspecified atom stereocenters. The number of halogens is 3. The molecule has 0 radical (unpaired) electrons. The summed E-state index contributed by atoms with van der Waals surface area (Å²) in [6.07, 6.45) is -4.52. The maximum Gasteiger partial charge on any atom is 0.416 e. The van der Waals surface area contributed by atoms with Gasteiger partial charge in [-0.05, 0) is 55.8 Å². The molecule has 0 aliphatic rings. The van der Waals surface area contributed by atoms with Crippen molar-refractivity contribution in [1.82, 2.24) is 18.7 Å². The number of nitrogens with one attached hydrogen (secondary N) is 1. The first-order valence-corrected chi connectivity index (χ1v) is 13.0. The molecule has 0 saturated heterocycles. The Morgan fingerprint density at radius 1 is 0.947 bits per heavy atom. The van der Waals surface area contributed by atoms with Crippen LogP contribution in [-0.2, 0) is 16.2 Å². The molecule has 0 amide bonds. The predicted octanol–water partition coefficient (Wildman–Crippen LogP) is 5.04. The van der Waals surface area contributed by atoms with Crippen molar-refractivity contribution < 1.29 is 21.6 Å². The molecule has 8 nitrogen and oxygen atoms in total. The first-order chi connectivity index (χ1) is 17.9. The third-order valence-electron chi connectivity index (χ3n) is 6.18. The fourth-order valence-corrected chi connectivity index (χ4v) is 5.35. The number of anilines is 1. The Kier molecular flexibility index (Phi) is 5.94. The van der Waals surface area contributed by atoms with E-state index in [2.05, 4.69) is 10.1 Å². The monoisotopic (exact) mass is 541 g/mol. The normalized spacial score (nSPS) is 12.5. The Bertz CT molecular complexity index is 1820. The van der Waals surface area contributed by atoms with Crippen LogP contribution in [-0.4, -0.2) is 32.4 Å². The lowest BCUT2D eigenvalue weighted by molar-refractivity contribution is -0.137. The second-order valence-corrected chi connectivity index (χ2v) is 11.3. The number of nitrogens with two attached hydrogens (primary N) is 1. The largest absolute Gasteiger partial charge is 0.416 e. The molecule has 0 aliphatic carbocycles. The lowest BCUT2D eigenvalue weighted by atomic mass is 10.0. The van der Waals surface area contributed by atoms with Crippen molar-refractivity contribution in [2.45, 2.75) is 25.3 Å². The van der Waals surface area contributed by atoms with E-state index in [4.69, 9.17) is 5.73 Å². The number of alkyl halides is 3. The van der Waals surface area contributed by atoms with Gasteiger partial charge in [0.05, 0.1) is 38.8 Å². The maximum atomic E-state index is 13.6. The number of nitrogen functional groups attached to an aromatic ring is 1. The molecule has 12 heteroatoms. The minimum absolute atomic E-state index is 0.190. The topological polar surface area (TPSA) is 116 Å². The number of aromatic nitrogens is 4. The molecule has 5 aromatic rings. The Morgan fingerprint density at radius 3 is 2.21 bits per heavy atom. The molecule has 0 saturated carbocycles. The molecule has 2 aromatic heterocycles. The minimum atomic E-state index is -4.52. The fraction of sp³-hybridized carbons (Fsp3) is 0.154. The average molecular weight is 542 g/mol. The second kappa shape index (κ2) is 8.91. The van der Waals surface area contributed by atoms with E-state index in [-0.39, 0.29) is 22.7 Å².